The van der Waals surface area contributed by atoms with Crippen molar-refractivity contribution < 1.29 is 39.1 Å². The molecule has 7 atom stereocenters. The first-order chi connectivity index (χ1) is 35.0. The number of pyridine rings is 1. The highest BCUT2D eigenvalue weighted by Crippen LogP contribution is 2.56. The average Bonchev–Trinajstić information content (AvgIpc) is 3.98. The zero-order valence-corrected chi connectivity index (χ0v) is 41.3. The van der Waals surface area contributed by atoms with E-state index in [0.717, 1.165) is 80.6 Å². The van der Waals surface area contributed by atoms with Crippen LogP contribution in [0.1, 0.15) is 106 Å². The zero-order valence-electron chi connectivity index (χ0n) is 41.3. The Labute approximate surface area is 420 Å². The average molecular weight is 984 g/mol. The van der Waals surface area contributed by atoms with Gasteiger partial charge in [0.15, 0.2) is 29.0 Å². The summed E-state index contributed by atoms with van der Waals surface area (Å²) in [6.07, 6.45) is 20.1. The van der Waals surface area contributed by atoms with Gasteiger partial charge in [0, 0.05) is 93.5 Å². The van der Waals surface area contributed by atoms with Crippen molar-refractivity contribution in [1.29, 1.82) is 0 Å². The lowest BCUT2D eigenvalue weighted by Gasteiger charge is -2.62. The molecule has 4 aliphatic heterocycles. The van der Waals surface area contributed by atoms with Crippen molar-refractivity contribution in [3.8, 4) is 28.7 Å². The van der Waals surface area contributed by atoms with Crippen molar-refractivity contribution in [2.24, 2.45) is 16.1 Å². The Bertz CT molecular complexity index is 2830. The number of nitrogens with one attached hydrogen (secondary N) is 5. The smallest absolute Gasteiger partial charge is 0.302 e. The Hall–Kier alpha value is -6.85. The molecule has 7 unspecified atom stereocenters. The van der Waals surface area contributed by atoms with Crippen molar-refractivity contribution in [3.05, 3.63) is 119 Å². The van der Waals surface area contributed by atoms with Crippen LogP contribution in [-0.2, 0) is 33.5 Å². The van der Waals surface area contributed by atoms with Crippen molar-refractivity contribution in [2.45, 2.75) is 127 Å². The van der Waals surface area contributed by atoms with E-state index in [2.05, 4.69) is 54.1 Å². The molecule has 0 amide bonds. The number of aromatic amines is 1. The minimum Gasteiger partial charge on any atom is -0.504 e. The molecule has 0 bridgehead atoms. The standard InChI is InChI=1S/C55H69N9O8/c1-34(65)70-41-28-39(71-47(29-41)38-26-46(67)51(68)49(27-38)69-23-16-37-7-4-19-58-31-37)11-9-36-10-12-45(66)48(24-36)72-40-8-3-17-55(30-40)54(33-57-2)18-13-44-42-15-22-59-43(42)32-64(44)52(54)62-53(63-55)61-20-5-6-35-14-21-60-50(56)25-35/h4,7,10,12,14-15,19,22,24-27,31-32,39-41,47,52,57,59-60,66-68H,3,5-6,8-9,11,13,16-18,20-21,23,28-30,33,56H2,1-2H3,(H2,61,62,63). The maximum absolute atomic E-state index is 12.3. The summed E-state index contributed by atoms with van der Waals surface area (Å²) in [7, 11) is 2.04. The second kappa shape index (κ2) is 21.1. The van der Waals surface area contributed by atoms with Crippen LogP contribution in [-0.4, -0.2) is 98.9 Å². The molecule has 382 valence electrons. The Morgan fingerprint density at radius 1 is 1.04 bits per heavy atom. The number of esters is 1. The van der Waals surface area contributed by atoms with Crippen LogP contribution in [0.4, 0.5) is 0 Å². The van der Waals surface area contributed by atoms with Crippen LogP contribution >= 0.6 is 0 Å². The quantitative estimate of drug-likeness (QED) is 0.0261. The molecule has 1 spiro atoms. The topological polar surface area (TPSA) is 235 Å². The van der Waals surface area contributed by atoms with Gasteiger partial charge in [0.25, 0.3) is 0 Å². The molecule has 1 saturated carbocycles. The summed E-state index contributed by atoms with van der Waals surface area (Å²) in [5.74, 6) is 1.11. The van der Waals surface area contributed by atoms with E-state index in [1.807, 2.05) is 43.6 Å². The number of aliphatic imine (C=N–C) groups is 1. The third kappa shape index (κ3) is 10.3. The lowest BCUT2D eigenvalue weighted by Crippen LogP contribution is -2.76. The van der Waals surface area contributed by atoms with Gasteiger partial charge in [-0.1, -0.05) is 18.2 Å². The number of carbonyl (C=O) groups excluding carboxylic acids is 1. The summed E-state index contributed by atoms with van der Waals surface area (Å²) in [5.41, 5.74) is 11.7. The first-order valence-electron chi connectivity index (χ1n) is 25.7. The number of dihydropyridines is 1. The molecule has 2 saturated heterocycles. The zero-order chi connectivity index (χ0) is 49.8. The van der Waals surface area contributed by atoms with Gasteiger partial charge in [-0.3, -0.25) is 14.8 Å². The van der Waals surface area contributed by atoms with Gasteiger partial charge in [-0.15, -0.1) is 0 Å². The van der Waals surface area contributed by atoms with E-state index in [4.69, 9.17) is 29.7 Å². The number of aryl methyl sites for hydroxylation is 2. The lowest BCUT2D eigenvalue weighted by atomic mass is 9.56. The van der Waals surface area contributed by atoms with Gasteiger partial charge >= 0.3 is 5.97 Å². The number of aromatic nitrogens is 3. The minimum absolute atomic E-state index is 0.0695. The maximum atomic E-state index is 12.3. The number of benzene rings is 2. The number of nitrogens with two attached hydrogens (primary N) is 1. The predicted molar refractivity (Wildman–Crippen MR) is 274 cm³/mol. The van der Waals surface area contributed by atoms with Gasteiger partial charge in [0.2, 0.25) is 5.75 Å². The van der Waals surface area contributed by atoms with E-state index in [1.165, 1.54) is 29.6 Å². The third-order valence-corrected chi connectivity index (χ3v) is 15.6. The molecule has 1 aliphatic carbocycles. The number of guanidine groups is 1. The number of ether oxygens (including phenoxy) is 4. The molecule has 5 aromatic rings. The molecule has 5 aliphatic rings. The summed E-state index contributed by atoms with van der Waals surface area (Å²) in [6, 6.07) is 14.7. The highest BCUT2D eigenvalue weighted by atomic mass is 16.6. The van der Waals surface area contributed by atoms with Crippen LogP contribution < -0.4 is 36.5 Å². The van der Waals surface area contributed by atoms with Crippen molar-refractivity contribution in [2.75, 3.05) is 33.3 Å². The van der Waals surface area contributed by atoms with Gasteiger partial charge in [-0.25, -0.2) is 0 Å². The number of H-pyrrole nitrogens is 1. The first kappa shape index (κ1) is 48.8. The molecule has 17 nitrogen and oxygen atoms in total. The van der Waals surface area contributed by atoms with Gasteiger partial charge in [0.1, 0.15) is 18.4 Å². The fourth-order valence-electron chi connectivity index (χ4n) is 12.2. The van der Waals surface area contributed by atoms with Crippen LogP contribution in [0, 0.1) is 5.41 Å². The van der Waals surface area contributed by atoms with E-state index < -0.39 is 12.2 Å². The van der Waals surface area contributed by atoms with E-state index in [-0.39, 0.29) is 64.9 Å². The van der Waals surface area contributed by atoms with Gasteiger partial charge in [0.05, 0.1) is 35.7 Å². The van der Waals surface area contributed by atoms with Gasteiger partial charge < -0.3 is 70.8 Å². The minimum atomic E-state index is -0.547. The molecular weight excluding hydrogens is 915 g/mol. The molecule has 17 heteroatoms. The number of hydrogen-bond donors (Lipinski definition) is 9. The fraction of sp³-hybridized carbons (Fsp3) is 0.473. The summed E-state index contributed by atoms with van der Waals surface area (Å²) in [6.45, 7) is 3.82. The van der Waals surface area contributed by atoms with E-state index in [1.54, 1.807) is 24.5 Å². The molecule has 3 fully saturated rings. The SMILES string of the molecule is CNCC12CCc3c4cc[nH]c4cn3C1NC(=NCCCC1=CCNC(N)=C1)NC21CCCC(Oc2cc(CCC3CC(OC(C)=O)CC(c4cc(O)c(O)c(OCCc5cccnc5)c4)O3)ccc2O)C1. The maximum Gasteiger partial charge on any atom is 0.302 e. The number of aromatic hydroxyl groups is 3. The molecule has 0 radical (unpaired) electrons. The summed E-state index contributed by atoms with van der Waals surface area (Å²) >= 11 is 0. The second-order valence-corrected chi connectivity index (χ2v) is 20.3. The normalized spacial score (nSPS) is 26.4. The monoisotopic (exact) mass is 984 g/mol. The van der Waals surface area contributed by atoms with Crippen molar-refractivity contribution in [1.82, 2.24) is 35.8 Å². The summed E-state index contributed by atoms with van der Waals surface area (Å²) in [4.78, 5) is 25.1. The van der Waals surface area contributed by atoms with Crippen LogP contribution in [0.25, 0.3) is 10.9 Å². The number of carbonyl (C=O) groups is 1. The predicted octanol–water partition coefficient (Wildman–Crippen LogP) is 6.96. The molecule has 10 rings (SSSR count). The Kier molecular flexibility index (Phi) is 14.3. The number of fused-ring (bicyclic) bond motifs is 6. The summed E-state index contributed by atoms with van der Waals surface area (Å²) in [5, 5.41) is 48.9. The van der Waals surface area contributed by atoms with Crippen LogP contribution in [0.5, 0.6) is 28.7 Å². The van der Waals surface area contributed by atoms with Crippen molar-refractivity contribution in [3.63, 3.8) is 0 Å². The van der Waals surface area contributed by atoms with Crippen molar-refractivity contribution >= 4 is 22.8 Å². The molecular formula is C55H69N9O8. The highest BCUT2D eigenvalue weighted by Gasteiger charge is 2.62. The third-order valence-electron chi connectivity index (χ3n) is 15.6. The Balaban J connectivity index is 0.851. The van der Waals surface area contributed by atoms with Crippen LogP contribution in [0.3, 0.4) is 0 Å². The number of nitrogens with zero attached hydrogens (tertiary/aromatic N) is 3. The number of hydrogen-bond acceptors (Lipinski definition) is 13. The summed E-state index contributed by atoms with van der Waals surface area (Å²) < 4.78 is 27.8. The van der Waals surface area contributed by atoms with E-state index in [9.17, 15) is 20.1 Å². The van der Waals surface area contributed by atoms with E-state index >= 15 is 0 Å². The Morgan fingerprint density at radius 2 is 1.94 bits per heavy atom. The number of rotatable bonds is 17. The molecule has 3 aromatic heterocycles. The number of phenols is 3. The largest absolute Gasteiger partial charge is 0.504 e. The van der Waals surface area contributed by atoms with Gasteiger partial charge in [-0.2, -0.15) is 0 Å². The number of allylic oxidation sites excluding steroid dienone is 2. The number of phenolic OH excluding ortho intramolecular Hbond substituents is 3. The van der Waals surface area contributed by atoms with Crippen LogP contribution in [0.2, 0.25) is 0 Å². The molecule has 2 aromatic carbocycles. The molecule has 7 heterocycles. The highest BCUT2D eigenvalue weighted by molar-refractivity contribution is 5.85. The van der Waals surface area contributed by atoms with Crippen LogP contribution in [0.15, 0.2) is 102 Å². The fourth-order valence-corrected chi connectivity index (χ4v) is 12.2. The Morgan fingerprint density at radius 3 is 2.78 bits per heavy atom. The van der Waals surface area contributed by atoms with Gasteiger partial charge in [-0.05, 0) is 130 Å². The first-order valence-corrected chi connectivity index (χ1v) is 25.7. The lowest BCUT2D eigenvalue weighted by molar-refractivity contribution is -0.160. The molecule has 10 N–H and O–H groups in total. The van der Waals surface area contributed by atoms with E-state index in [0.29, 0.717) is 62.2 Å². The molecule has 72 heavy (non-hydrogen) atoms. The second-order valence-electron chi connectivity index (χ2n) is 20.3.